The highest BCUT2D eigenvalue weighted by Gasteiger charge is 2.30. The highest BCUT2D eigenvalue weighted by atomic mass is 32.2. The summed E-state index contributed by atoms with van der Waals surface area (Å²) in [5.74, 6) is 0.163. The van der Waals surface area contributed by atoms with Crippen molar-refractivity contribution in [1.29, 1.82) is 0 Å². The topological polar surface area (TPSA) is 32.3 Å². The molecule has 1 N–H and O–H groups in total. The molecule has 0 aliphatic heterocycles. The lowest BCUT2D eigenvalue weighted by Gasteiger charge is -2.28. The third kappa shape index (κ3) is 3.98. The first-order chi connectivity index (χ1) is 7.69. The first-order valence-corrected chi connectivity index (χ1v) is 7.47. The minimum Gasteiger partial charge on any atom is -0.355 e. The smallest absolute Gasteiger partial charge is 0.234 e. The Kier molecular flexibility index (Phi) is 6.21. The Morgan fingerprint density at radius 1 is 1.50 bits per heavy atom. The number of carbonyl (C=O) groups is 1. The Hall–Kier alpha value is -0.220. The Bertz CT molecular complexity index is 223. The van der Waals surface area contributed by atoms with E-state index in [0.717, 1.165) is 13.0 Å². The summed E-state index contributed by atoms with van der Waals surface area (Å²) in [5, 5.41) is 3.64. The van der Waals surface area contributed by atoms with E-state index in [0.29, 0.717) is 17.8 Å². The molecule has 16 heavy (non-hydrogen) atoms. The third-order valence-corrected chi connectivity index (χ3v) is 4.41. The molecule has 0 heterocycles. The summed E-state index contributed by atoms with van der Waals surface area (Å²) in [6.45, 7) is 3.41. The predicted molar refractivity (Wildman–Crippen MR) is 70.9 cm³/mol. The van der Waals surface area contributed by atoms with Gasteiger partial charge in [-0.05, 0) is 32.6 Å². The van der Waals surface area contributed by atoms with Gasteiger partial charge < -0.3 is 5.32 Å². The summed E-state index contributed by atoms with van der Waals surface area (Å²) >= 11 is 1.94. The zero-order chi connectivity index (χ0) is 12.0. The van der Waals surface area contributed by atoms with Crippen molar-refractivity contribution in [3.63, 3.8) is 0 Å². The average Bonchev–Trinajstić information content (AvgIpc) is 2.74. The van der Waals surface area contributed by atoms with Gasteiger partial charge in [0, 0.05) is 17.8 Å². The normalized spacial score (nSPS) is 25.0. The lowest BCUT2D eigenvalue weighted by molar-refractivity contribution is -0.122. The molecule has 1 aliphatic carbocycles. The molecule has 1 amide bonds. The number of nitrogens with zero attached hydrogens (tertiary/aromatic N) is 1. The first kappa shape index (κ1) is 13.8. The van der Waals surface area contributed by atoms with Crippen molar-refractivity contribution < 1.29 is 4.79 Å². The number of hydrogen-bond acceptors (Lipinski definition) is 3. The van der Waals surface area contributed by atoms with Gasteiger partial charge in [0.05, 0.1) is 6.54 Å². The maximum atomic E-state index is 11.6. The second-order valence-electron chi connectivity index (χ2n) is 4.54. The molecule has 3 nitrogen and oxygen atoms in total. The van der Waals surface area contributed by atoms with Crippen molar-refractivity contribution in [2.24, 2.45) is 0 Å². The van der Waals surface area contributed by atoms with Crippen LogP contribution in [0.2, 0.25) is 0 Å². The summed E-state index contributed by atoms with van der Waals surface area (Å²) in [4.78, 5) is 13.8. The van der Waals surface area contributed by atoms with E-state index in [9.17, 15) is 4.79 Å². The molecule has 0 aromatic carbocycles. The molecule has 4 heteroatoms. The van der Waals surface area contributed by atoms with Crippen LogP contribution in [0.4, 0.5) is 0 Å². The van der Waals surface area contributed by atoms with E-state index in [1.165, 1.54) is 19.3 Å². The van der Waals surface area contributed by atoms with Crippen molar-refractivity contribution in [3.8, 4) is 0 Å². The van der Waals surface area contributed by atoms with E-state index in [1.807, 2.05) is 11.8 Å². The molecule has 0 unspecified atom stereocenters. The van der Waals surface area contributed by atoms with Crippen LogP contribution in [-0.4, -0.2) is 48.5 Å². The third-order valence-electron chi connectivity index (χ3n) is 3.25. The van der Waals surface area contributed by atoms with Gasteiger partial charge in [-0.15, -0.1) is 0 Å². The van der Waals surface area contributed by atoms with Gasteiger partial charge in [0.1, 0.15) is 0 Å². The van der Waals surface area contributed by atoms with Gasteiger partial charge in [0.2, 0.25) is 5.91 Å². The number of amides is 1. The molecule has 1 fully saturated rings. The molecule has 1 rings (SSSR count). The number of hydrogen-bond donors (Lipinski definition) is 1. The van der Waals surface area contributed by atoms with Crippen LogP contribution in [0.5, 0.6) is 0 Å². The number of rotatable bonds is 6. The van der Waals surface area contributed by atoms with Gasteiger partial charge in [-0.2, -0.15) is 11.8 Å². The summed E-state index contributed by atoms with van der Waals surface area (Å²) in [6, 6.07) is 0.586. The van der Waals surface area contributed by atoms with E-state index in [2.05, 4.69) is 30.4 Å². The van der Waals surface area contributed by atoms with Crippen LogP contribution in [0, 0.1) is 0 Å². The number of thioether (sulfide) groups is 1. The van der Waals surface area contributed by atoms with Crippen LogP contribution in [0.15, 0.2) is 0 Å². The minimum absolute atomic E-state index is 0.163. The van der Waals surface area contributed by atoms with E-state index >= 15 is 0 Å². The molecule has 0 saturated heterocycles. The molecule has 0 radical (unpaired) electrons. The molecule has 0 aromatic rings. The fourth-order valence-corrected chi connectivity index (χ4v) is 3.41. The average molecular weight is 244 g/mol. The van der Waals surface area contributed by atoms with Crippen LogP contribution < -0.4 is 5.32 Å². The van der Waals surface area contributed by atoms with Gasteiger partial charge >= 0.3 is 0 Å². The van der Waals surface area contributed by atoms with Gasteiger partial charge in [0.25, 0.3) is 0 Å². The van der Waals surface area contributed by atoms with E-state index in [-0.39, 0.29) is 5.91 Å². The van der Waals surface area contributed by atoms with Crippen LogP contribution >= 0.6 is 11.8 Å². The Morgan fingerprint density at radius 3 is 2.88 bits per heavy atom. The number of nitrogens with one attached hydrogen (secondary N) is 1. The summed E-state index contributed by atoms with van der Waals surface area (Å²) < 4.78 is 0. The summed E-state index contributed by atoms with van der Waals surface area (Å²) in [5.41, 5.74) is 0. The van der Waals surface area contributed by atoms with Crippen molar-refractivity contribution >= 4 is 17.7 Å². The van der Waals surface area contributed by atoms with Crippen LogP contribution in [0.3, 0.4) is 0 Å². The quantitative estimate of drug-likeness (QED) is 0.772. The zero-order valence-electron chi connectivity index (χ0n) is 10.7. The Balaban J connectivity index is 2.33. The monoisotopic (exact) mass is 244 g/mol. The molecular weight excluding hydrogens is 220 g/mol. The zero-order valence-corrected chi connectivity index (χ0v) is 11.5. The lowest BCUT2D eigenvalue weighted by atomic mass is 10.2. The molecule has 0 bridgehead atoms. The van der Waals surface area contributed by atoms with E-state index in [1.54, 1.807) is 0 Å². The molecule has 1 aliphatic rings. The molecule has 94 valence electrons. The van der Waals surface area contributed by atoms with Gasteiger partial charge in [-0.1, -0.05) is 13.3 Å². The fraction of sp³-hybridized carbons (Fsp3) is 0.917. The highest BCUT2D eigenvalue weighted by molar-refractivity contribution is 7.99. The van der Waals surface area contributed by atoms with Crippen LogP contribution in [-0.2, 0) is 4.79 Å². The van der Waals surface area contributed by atoms with E-state index in [4.69, 9.17) is 0 Å². The molecular formula is C12H24N2OS. The molecule has 0 spiro atoms. The van der Waals surface area contributed by atoms with Crippen molar-refractivity contribution in [1.82, 2.24) is 10.2 Å². The lowest BCUT2D eigenvalue weighted by Crippen LogP contribution is -2.43. The molecule has 2 atom stereocenters. The standard InChI is InChI=1S/C12H24N2OS/c1-4-8-13-12(15)9-14(2)10-6-5-7-11(10)16-3/h10-11H,4-9H2,1-3H3,(H,13,15)/t10-,11-/m0/s1. The number of likely N-dealkylation sites (N-methyl/N-ethyl adjacent to an activating group) is 1. The van der Waals surface area contributed by atoms with E-state index < -0.39 is 0 Å². The Labute approximate surface area is 103 Å². The highest BCUT2D eigenvalue weighted by Crippen LogP contribution is 2.31. The SMILES string of the molecule is CCCNC(=O)CN(C)[C@H]1CCC[C@@H]1SC. The van der Waals surface area contributed by atoms with Crippen molar-refractivity contribution in [3.05, 3.63) is 0 Å². The largest absolute Gasteiger partial charge is 0.355 e. The summed E-state index contributed by atoms with van der Waals surface area (Å²) in [6.07, 6.45) is 7.02. The van der Waals surface area contributed by atoms with Gasteiger partial charge in [0.15, 0.2) is 0 Å². The van der Waals surface area contributed by atoms with Gasteiger partial charge in [-0.25, -0.2) is 0 Å². The molecule has 0 aromatic heterocycles. The maximum absolute atomic E-state index is 11.6. The fourth-order valence-electron chi connectivity index (χ4n) is 2.35. The predicted octanol–water partition coefficient (Wildman–Crippen LogP) is 1.73. The minimum atomic E-state index is 0.163. The van der Waals surface area contributed by atoms with Crippen molar-refractivity contribution in [2.75, 3.05) is 26.4 Å². The Morgan fingerprint density at radius 2 is 2.25 bits per heavy atom. The molecule has 1 saturated carbocycles. The van der Waals surface area contributed by atoms with Crippen LogP contribution in [0.1, 0.15) is 32.6 Å². The first-order valence-electron chi connectivity index (χ1n) is 6.18. The second kappa shape index (κ2) is 7.17. The second-order valence-corrected chi connectivity index (χ2v) is 5.61. The maximum Gasteiger partial charge on any atom is 0.234 e. The van der Waals surface area contributed by atoms with Crippen LogP contribution in [0.25, 0.3) is 0 Å². The van der Waals surface area contributed by atoms with Crippen molar-refractivity contribution in [2.45, 2.75) is 43.9 Å². The van der Waals surface area contributed by atoms with Gasteiger partial charge in [-0.3, -0.25) is 9.69 Å². The summed E-state index contributed by atoms with van der Waals surface area (Å²) in [7, 11) is 2.07. The number of carbonyl (C=O) groups excluding carboxylic acids is 1.